The monoisotopic (exact) mass is 546 g/mol. The van der Waals surface area contributed by atoms with Gasteiger partial charge in [-0.05, 0) is 61.7 Å². The third kappa shape index (κ3) is 3.53. The largest absolute Gasteiger partial charge is 0.497 e. The van der Waals surface area contributed by atoms with Gasteiger partial charge in [-0.3, -0.25) is 4.79 Å². The Morgan fingerprint density at radius 2 is 1.60 bits per heavy atom. The summed E-state index contributed by atoms with van der Waals surface area (Å²) in [6, 6.07) is 19.9. The predicted molar refractivity (Wildman–Crippen MR) is 134 cm³/mol. The van der Waals surface area contributed by atoms with Crippen LogP contribution in [0.1, 0.15) is 6.92 Å². The van der Waals surface area contributed by atoms with Crippen molar-refractivity contribution in [3.63, 3.8) is 0 Å². The van der Waals surface area contributed by atoms with Gasteiger partial charge in [0.15, 0.2) is 5.78 Å². The molecule has 0 amide bonds. The van der Waals surface area contributed by atoms with Gasteiger partial charge in [-0.15, -0.1) is 11.8 Å². The fourth-order valence-electron chi connectivity index (χ4n) is 3.79. The zero-order valence-electron chi connectivity index (χ0n) is 16.7. The second-order valence-corrected chi connectivity index (χ2v) is 9.75. The van der Waals surface area contributed by atoms with Gasteiger partial charge < -0.3 is 14.6 Å². The van der Waals surface area contributed by atoms with Crippen LogP contribution >= 0.6 is 43.6 Å². The van der Waals surface area contributed by atoms with E-state index in [2.05, 4.69) is 66.0 Å². The number of nitrogens with one attached hydrogen (secondary N) is 1. The first-order valence-electron chi connectivity index (χ1n) is 9.28. The van der Waals surface area contributed by atoms with Crippen LogP contribution in [0.2, 0.25) is 0 Å². The average Bonchev–Trinajstić information content (AvgIpc) is 3.05. The maximum Gasteiger partial charge on any atom is 0.223 e. The number of Topliss-reactive ketones (excluding diaryl/α,β-unsaturated/α-hetero) is 1. The van der Waals surface area contributed by atoms with Crippen molar-refractivity contribution >= 4 is 76.9 Å². The van der Waals surface area contributed by atoms with Gasteiger partial charge in [0.05, 0.1) is 18.1 Å². The number of benzene rings is 3. The van der Waals surface area contributed by atoms with Gasteiger partial charge >= 0.3 is 0 Å². The Labute approximate surface area is 196 Å². The summed E-state index contributed by atoms with van der Waals surface area (Å²) in [6.45, 7) is 1.62. The van der Waals surface area contributed by atoms with Crippen molar-refractivity contribution in [1.82, 2.24) is 4.57 Å². The smallest absolute Gasteiger partial charge is 0.223 e. The number of ketones is 1. The van der Waals surface area contributed by atoms with Crippen molar-refractivity contribution in [3.8, 4) is 5.75 Å². The number of halogens is 2. The Morgan fingerprint density at radius 1 is 1.00 bits per heavy atom. The number of methoxy groups -OCH3 is 1. The molecule has 0 fully saturated rings. The number of nitrogens with zero attached hydrogens (tertiary/aromatic N) is 1. The highest BCUT2D eigenvalue weighted by Crippen LogP contribution is 2.42. The number of carbonyl (C=O) groups is 1. The summed E-state index contributed by atoms with van der Waals surface area (Å²) in [5.74, 6) is 0.732. The van der Waals surface area contributed by atoms with Crippen molar-refractivity contribution in [2.24, 2.45) is 0 Å². The third-order valence-electron chi connectivity index (χ3n) is 5.16. The van der Waals surface area contributed by atoms with E-state index in [0.717, 1.165) is 42.2 Å². The minimum Gasteiger partial charge on any atom is -0.497 e. The Bertz CT molecular complexity index is 1210. The summed E-state index contributed by atoms with van der Waals surface area (Å²) in [5, 5.41) is 5.66. The molecule has 0 saturated carbocycles. The molecule has 4 rings (SSSR count). The van der Waals surface area contributed by atoms with E-state index in [-0.39, 0.29) is 5.78 Å². The summed E-state index contributed by atoms with van der Waals surface area (Å²) in [6.07, 6.45) is 1.95. The van der Waals surface area contributed by atoms with E-state index in [1.165, 1.54) is 11.8 Å². The van der Waals surface area contributed by atoms with Gasteiger partial charge in [0, 0.05) is 31.5 Å². The lowest BCUT2D eigenvalue weighted by atomic mass is 10.2. The summed E-state index contributed by atoms with van der Waals surface area (Å²) >= 11 is 8.65. The molecule has 0 aliphatic heterocycles. The molecule has 0 radical (unpaired) electrons. The molecule has 1 unspecified atom stereocenters. The number of aromatic nitrogens is 1. The summed E-state index contributed by atoms with van der Waals surface area (Å²) in [4.78, 5) is 12.2. The highest BCUT2D eigenvalue weighted by atomic mass is 79.9. The molecule has 30 heavy (non-hydrogen) atoms. The number of ether oxygens (including phenoxy) is 1. The van der Waals surface area contributed by atoms with Crippen LogP contribution in [0.5, 0.6) is 5.75 Å². The van der Waals surface area contributed by atoms with Crippen LogP contribution in [0.3, 0.4) is 0 Å². The first kappa shape index (κ1) is 21.3. The normalized spacial score (nSPS) is 13.4. The molecule has 0 spiro atoms. The molecule has 0 saturated heterocycles. The zero-order valence-corrected chi connectivity index (χ0v) is 20.7. The molecule has 154 valence electrons. The second kappa shape index (κ2) is 8.29. The van der Waals surface area contributed by atoms with Crippen LogP contribution in [0.4, 0.5) is 5.69 Å². The van der Waals surface area contributed by atoms with Crippen LogP contribution in [0, 0.1) is 0 Å². The van der Waals surface area contributed by atoms with Crippen LogP contribution in [0.15, 0.2) is 69.6 Å². The van der Waals surface area contributed by atoms with Crippen molar-refractivity contribution < 1.29 is 9.53 Å². The number of rotatable bonds is 6. The van der Waals surface area contributed by atoms with Gasteiger partial charge in [0.1, 0.15) is 5.75 Å². The van der Waals surface area contributed by atoms with Crippen LogP contribution in [-0.4, -0.2) is 23.7 Å². The van der Waals surface area contributed by atoms with Crippen LogP contribution in [-0.2, 0) is 9.79 Å². The molecule has 0 bridgehead atoms. The lowest BCUT2D eigenvalue weighted by Crippen LogP contribution is -2.44. The lowest BCUT2D eigenvalue weighted by molar-refractivity contribution is -0.120. The Kier molecular flexibility index (Phi) is 5.88. The number of hydrogen-bond donors (Lipinski definition) is 1. The van der Waals surface area contributed by atoms with E-state index in [0.29, 0.717) is 0 Å². The van der Waals surface area contributed by atoms with Gasteiger partial charge in [0.25, 0.3) is 0 Å². The standard InChI is InChI=1S/C23H20Br2N2O2S/c1-14(28)23(30-3,26-17-5-4-6-18(13-17)29-2)27-21-9-7-15(24)11-19(21)20-12-16(25)8-10-22(20)27/h4-13,26H,1-3H3. The number of carbonyl (C=O) groups excluding carboxylic acids is 1. The molecule has 1 N–H and O–H groups in total. The lowest BCUT2D eigenvalue weighted by Gasteiger charge is -2.34. The van der Waals surface area contributed by atoms with Crippen molar-refractivity contribution in [1.29, 1.82) is 0 Å². The maximum absolute atomic E-state index is 13.2. The van der Waals surface area contributed by atoms with Gasteiger partial charge in [0.2, 0.25) is 4.99 Å². The quantitative estimate of drug-likeness (QED) is 0.264. The first-order chi connectivity index (χ1) is 14.4. The summed E-state index contributed by atoms with van der Waals surface area (Å²) in [7, 11) is 1.63. The fourth-order valence-corrected chi connectivity index (χ4v) is 5.40. The van der Waals surface area contributed by atoms with Gasteiger partial charge in [-0.2, -0.15) is 0 Å². The third-order valence-corrected chi connectivity index (χ3v) is 7.31. The predicted octanol–water partition coefficient (Wildman–Crippen LogP) is 7.00. The van der Waals surface area contributed by atoms with E-state index in [9.17, 15) is 4.79 Å². The van der Waals surface area contributed by atoms with Crippen molar-refractivity contribution in [3.05, 3.63) is 69.6 Å². The molecule has 1 aromatic heterocycles. The number of hydrogen-bond acceptors (Lipinski definition) is 4. The fraction of sp³-hybridized carbons (Fsp3) is 0.174. The van der Waals surface area contributed by atoms with E-state index >= 15 is 0 Å². The highest BCUT2D eigenvalue weighted by molar-refractivity contribution is 9.10. The molecular formula is C23H20Br2N2O2S. The summed E-state index contributed by atoms with van der Waals surface area (Å²) < 4.78 is 9.46. The highest BCUT2D eigenvalue weighted by Gasteiger charge is 2.39. The molecule has 4 nitrogen and oxygen atoms in total. The second-order valence-electron chi connectivity index (χ2n) is 6.92. The minimum absolute atomic E-state index is 0.00228. The molecule has 0 aliphatic rings. The maximum atomic E-state index is 13.2. The number of fused-ring (bicyclic) bond motifs is 3. The zero-order chi connectivity index (χ0) is 21.5. The van der Waals surface area contributed by atoms with Gasteiger partial charge in [-0.25, -0.2) is 0 Å². The number of thioether (sulfide) groups is 1. The SMILES string of the molecule is COc1cccc(NC(SC)(C(C)=O)n2c3ccc(Br)cc3c3cc(Br)ccc32)c1. The Morgan fingerprint density at radius 3 is 2.10 bits per heavy atom. The Hall–Kier alpha value is -1.96. The van der Waals surface area contributed by atoms with E-state index in [1.54, 1.807) is 14.0 Å². The molecule has 3 aromatic carbocycles. The van der Waals surface area contributed by atoms with E-state index in [1.807, 2.05) is 42.7 Å². The molecule has 7 heteroatoms. The van der Waals surface area contributed by atoms with E-state index in [4.69, 9.17) is 4.74 Å². The minimum atomic E-state index is -1.03. The Balaban J connectivity index is 2.05. The molecule has 0 aliphatic carbocycles. The average molecular weight is 548 g/mol. The first-order valence-corrected chi connectivity index (χ1v) is 12.1. The van der Waals surface area contributed by atoms with Crippen LogP contribution in [0.25, 0.3) is 21.8 Å². The van der Waals surface area contributed by atoms with Gasteiger partial charge in [-0.1, -0.05) is 37.9 Å². The topological polar surface area (TPSA) is 43.3 Å². The summed E-state index contributed by atoms with van der Waals surface area (Å²) in [5.41, 5.74) is 2.76. The molecular weight excluding hydrogens is 528 g/mol. The molecule has 1 heterocycles. The molecule has 1 atom stereocenters. The van der Waals surface area contributed by atoms with E-state index < -0.39 is 4.99 Å². The van der Waals surface area contributed by atoms with Crippen molar-refractivity contribution in [2.75, 3.05) is 18.7 Å². The molecule has 4 aromatic rings. The number of anilines is 1. The van der Waals surface area contributed by atoms with Crippen LogP contribution < -0.4 is 10.1 Å². The van der Waals surface area contributed by atoms with Crippen molar-refractivity contribution in [2.45, 2.75) is 11.9 Å².